The van der Waals surface area contributed by atoms with Crippen LogP contribution in [0.3, 0.4) is 0 Å². The summed E-state index contributed by atoms with van der Waals surface area (Å²) in [5.74, 6) is -2.65. The summed E-state index contributed by atoms with van der Waals surface area (Å²) in [5, 5.41) is 33.6. The fraction of sp³-hybridized carbons (Fsp3) is 0.395. The predicted molar refractivity (Wildman–Crippen MR) is 193 cm³/mol. The molecule has 0 aromatic heterocycles. The zero-order valence-electron chi connectivity index (χ0n) is 27.8. The van der Waals surface area contributed by atoms with Crippen LogP contribution in [0.1, 0.15) is 42.4 Å². The minimum atomic E-state index is -2.26. The third-order valence-electron chi connectivity index (χ3n) is 9.64. The molecule has 3 aromatic carbocycles. The molecule has 4 N–H and O–H groups in total. The number of fused-ring (bicyclic) bond motifs is 2. The Balaban J connectivity index is 1.24. The first-order valence-electron chi connectivity index (χ1n) is 17.1. The minimum Gasteiger partial charge on any atom is -0.492 e. The Morgan fingerprint density at radius 1 is 1.02 bits per heavy atom. The first-order valence-corrected chi connectivity index (χ1v) is 18.3. The van der Waals surface area contributed by atoms with Crippen molar-refractivity contribution in [3.63, 3.8) is 0 Å². The lowest BCUT2D eigenvalue weighted by Gasteiger charge is -2.45. The van der Waals surface area contributed by atoms with Gasteiger partial charge in [0.15, 0.2) is 12.2 Å². The van der Waals surface area contributed by atoms with Gasteiger partial charge in [-0.1, -0.05) is 54.1 Å². The smallest absolute Gasteiger partial charge is 0.335 e. The number of aliphatic carboxylic acids is 1. The number of piperazine rings is 1. The van der Waals surface area contributed by atoms with Crippen LogP contribution in [0, 0.1) is 5.82 Å². The third kappa shape index (κ3) is 8.81. The van der Waals surface area contributed by atoms with Crippen LogP contribution in [0.4, 0.5) is 4.39 Å². The van der Waals surface area contributed by atoms with Crippen LogP contribution in [0.5, 0.6) is 5.75 Å². The number of rotatable bonds is 14. The number of carbonyl (C=O) groups is 3. The van der Waals surface area contributed by atoms with Crippen molar-refractivity contribution in [1.29, 1.82) is 0 Å². The van der Waals surface area contributed by atoms with E-state index in [9.17, 15) is 34.1 Å². The molecule has 3 aliphatic rings. The van der Waals surface area contributed by atoms with Crippen molar-refractivity contribution in [2.24, 2.45) is 0 Å². The summed E-state index contributed by atoms with van der Waals surface area (Å²) >= 11 is 9.83. The molecule has 2 heterocycles. The van der Waals surface area contributed by atoms with E-state index in [1.165, 1.54) is 17.0 Å². The van der Waals surface area contributed by atoms with E-state index in [0.29, 0.717) is 53.2 Å². The van der Waals surface area contributed by atoms with E-state index < -0.39 is 30.1 Å². The number of benzene rings is 3. The number of carbonyl (C=O) groups excluding carboxylic acids is 2. The molecule has 1 saturated carbocycles. The Labute approximate surface area is 309 Å². The van der Waals surface area contributed by atoms with Gasteiger partial charge in [0.1, 0.15) is 11.6 Å². The van der Waals surface area contributed by atoms with Gasteiger partial charge in [-0.05, 0) is 94.9 Å². The highest BCUT2D eigenvalue weighted by Crippen LogP contribution is 2.37. The van der Waals surface area contributed by atoms with E-state index in [4.69, 9.17) is 16.3 Å². The van der Waals surface area contributed by atoms with Gasteiger partial charge < -0.3 is 35.2 Å². The molecule has 10 nitrogen and oxygen atoms in total. The normalized spacial score (nSPS) is 19.7. The predicted octanol–water partition coefficient (Wildman–Crippen LogP) is 4.62. The van der Waals surface area contributed by atoms with Crippen molar-refractivity contribution in [2.75, 3.05) is 26.2 Å². The molecule has 3 aromatic rings. The van der Waals surface area contributed by atoms with Crippen LogP contribution in [0.2, 0.25) is 5.02 Å². The molecular formula is C38H40BrClFN3O7. The van der Waals surface area contributed by atoms with Crippen LogP contribution in [-0.2, 0) is 27.2 Å². The lowest BCUT2D eigenvalue weighted by Crippen LogP contribution is -2.64. The van der Waals surface area contributed by atoms with E-state index in [0.717, 1.165) is 41.5 Å². The lowest BCUT2D eigenvalue weighted by molar-refractivity contribution is -0.163. The van der Waals surface area contributed by atoms with Crippen LogP contribution >= 0.6 is 27.5 Å². The molecule has 4 atom stereocenters. The summed E-state index contributed by atoms with van der Waals surface area (Å²) in [6, 6.07) is 19.2. The van der Waals surface area contributed by atoms with Gasteiger partial charge in [-0.15, -0.1) is 0 Å². The lowest BCUT2D eigenvalue weighted by atomic mass is 9.82. The highest BCUT2D eigenvalue weighted by molar-refractivity contribution is 9.10. The van der Waals surface area contributed by atoms with Gasteiger partial charge in [0.2, 0.25) is 0 Å². The zero-order chi connectivity index (χ0) is 36.2. The van der Waals surface area contributed by atoms with Gasteiger partial charge in [0.05, 0.1) is 17.1 Å². The Hall–Kier alpha value is -3.81. The number of nitrogens with one attached hydrogen (secondary N) is 1. The van der Waals surface area contributed by atoms with Crippen molar-refractivity contribution >= 4 is 50.9 Å². The number of carboxylic acid groups (broad SMARTS) is 1. The Morgan fingerprint density at radius 2 is 1.76 bits per heavy atom. The molecule has 0 unspecified atom stereocenters. The largest absolute Gasteiger partial charge is 0.492 e. The summed E-state index contributed by atoms with van der Waals surface area (Å²) < 4.78 is 20.1. The first kappa shape index (κ1) is 37.0. The summed E-state index contributed by atoms with van der Waals surface area (Å²) in [6.07, 6.45) is -0.201. The summed E-state index contributed by atoms with van der Waals surface area (Å²) in [7, 11) is 0. The fourth-order valence-corrected chi connectivity index (χ4v) is 7.45. The molecule has 0 radical (unpaired) electrons. The molecule has 0 spiro atoms. The van der Waals surface area contributed by atoms with Crippen molar-refractivity contribution in [3.05, 3.63) is 104 Å². The van der Waals surface area contributed by atoms with Crippen molar-refractivity contribution in [2.45, 2.75) is 68.9 Å². The SMILES string of the molecule is O=C(O)[C@H](O)[C@H](O)C(=O)N1C[C@H]2CC(c3ccc(CCCOc4cc(F)ccc4Br)cc3)=C(C(=O)N(CCc3ccccc3Cl)C3CC3)[C@@H](C1)N2. The second kappa shape index (κ2) is 16.2. The number of aryl methyl sites for hydroxylation is 1. The van der Waals surface area contributed by atoms with E-state index in [2.05, 4.69) is 21.2 Å². The molecule has 13 heteroatoms. The average Bonchev–Trinajstić information content (AvgIpc) is 3.96. The molecule has 270 valence electrons. The topological polar surface area (TPSA) is 140 Å². The van der Waals surface area contributed by atoms with Crippen molar-refractivity contribution < 1.29 is 38.8 Å². The van der Waals surface area contributed by atoms with Gasteiger partial charge in [0, 0.05) is 48.4 Å². The van der Waals surface area contributed by atoms with Gasteiger partial charge in [-0.25, -0.2) is 9.18 Å². The maximum Gasteiger partial charge on any atom is 0.335 e. The van der Waals surface area contributed by atoms with Gasteiger partial charge >= 0.3 is 5.97 Å². The highest BCUT2D eigenvalue weighted by atomic mass is 79.9. The van der Waals surface area contributed by atoms with Gasteiger partial charge in [0.25, 0.3) is 11.8 Å². The van der Waals surface area contributed by atoms with E-state index in [1.54, 1.807) is 6.07 Å². The Bertz CT molecular complexity index is 1800. The monoisotopic (exact) mass is 783 g/mol. The number of amides is 2. The molecular weight excluding hydrogens is 745 g/mol. The number of hydrogen-bond donors (Lipinski definition) is 4. The summed E-state index contributed by atoms with van der Waals surface area (Å²) in [6.45, 7) is 1.05. The van der Waals surface area contributed by atoms with Crippen molar-refractivity contribution in [1.82, 2.24) is 15.1 Å². The number of carboxylic acids is 1. The second-order valence-corrected chi connectivity index (χ2v) is 14.5. The Kier molecular flexibility index (Phi) is 11.8. The second-order valence-electron chi connectivity index (χ2n) is 13.3. The number of aliphatic hydroxyl groups excluding tert-OH is 2. The van der Waals surface area contributed by atoms with Crippen molar-refractivity contribution in [3.8, 4) is 5.75 Å². The molecule has 1 aliphatic carbocycles. The van der Waals surface area contributed by atoms with Gasteiger partial charge in [-0.3, -0.25) is 9.59 Å². The molecule has 2 fully saturated rings. The number of ether oxygens (including phenoxy) is 1. The fourth-order valence-electron chi connectivity index (χ4n) is 6.86. The van der Waals surface area contributed by atoms with E-state index in [1.807, 2.05) is 53.4 Å². The molecule has 2 aliphatic heterocycles. The molecule has 6 rings (SSSR count). The zero-order valence-corrected chi connectivity index (χ0v) is 30.2. The Morgan fingerprint density at radius 3 is 2.47 bits per heavy atom. The number of nitrogens with zero attached hydrogens (tertiary/aromatic N) is 2. The molecule has 2 bridgehead atoms. The number of hydrogen-bond acceptors (Lipinski definition) is 7. The average molecular weight is 785 g/mol. The van der Waals surface area contributed by atoms with Crippen LogP contribution < -0.4 is 10.1 Å². The number of halogens is 3. The van der Waals surface area contributed by atoms with Crippen LogP contribution in [0.15, 0.2) is 76.8 Å². The third-order valence-corrected chi connectivity index (χ3v) is 10.7. The minimum absolute atomic E-state index is 0.0197. The maximum atomic E-state index is 14.7. The van der Waals surface area contributed by atoms with Crippen LogP contribution in [0.25, 0.3) is 5.57 Å². The quantitative estimate of drug-likeness (QED) is 0.174. The standard InChI is InChI=1S/C38H40BrClFN3O7/c39-29-14-11-25(41)18-32(29)51-17-3-4-22-7-9-23(10-8-22)28-19-26-20-43(37(48)34(45)35(46)38(49)50)21-31(42-26)33(28)36(47)44(27-12-13-27)16-15-24-5-1-2-6-30(24)40/h1-2,5-11,14,18,26-27,31,34-35,42,45-46H,3-4,12-13,15-17,19-21H2,(H,49,50)/t26-,31-,34+,35-/m1/s1. The maximum absolute atomic E-state index is 14.7. The van der Waals surface area contributed by atoms with Crippen LogP contribution in [-0.4, -0.2) is 99.5 Å². The highest BCUT2D eigenvalue weighted by Gasteiger charge is 2.45. The first-order chi connectivity index (χ1) is 24.5. The molecule has 51 heavy (non-hydrogen) atoms. The van der Waals surface area contributed by atoms with E-state index >= 15 is 0 Å². The molecule has 1 saturated heterocycles. The molecule has 2 amide bonds. The summed E-state index contributed by atoms with van der Waals surface area (Å²) in [4.78, 5) is 42.4. The summed E-state index contributed by atoms with van der Waals surface area (Å²) in [5.41, 5.74) is 4.32. The number of aliphatic hydroxyl groups is 2. The van der Waals surface area contributed by atoms with E-state index in [-0.39, 0.29) is 36.9 Å². The van der Waals surface area contributed by atoms with Gasteiger partial charge in [-0.2, -0.15) is 0 Å².